The molecule has 0 saturated carbocycles. The van der Waals surface area contributed by atoms with E-state index in [9.17, 15) is 0 Å². The third kappa shape index (κ3) is 9.09. The molecule has 0 N–H and O–H groups in total. The molecule has 0 spiro atoms. The summed E-state index contributed by atoms with van der Waals surface area (Å²) in [4.78, 5) is 0. The first kappa shape index (κ1) is 9.31. The van der Waals surface area contributed by atoms with Gasteiger partial charge in [0.05, 0.1) is 0 Å². The van der Waals surface area contributed by atoms with Crippen molar-refractivity contribution < 1.29 is 0 Å². The smallest absolute Gasteiger partial charge is 0.114 e. The SMILES string of the molecule is I[SiH2]I.[Si]. The maximum absolute atomic E-state index is 2.41. The van der Waals surface area contributed by atoms with Crippen molar-refractivity contribution in [2.45, 2.75) is 0 Å². The lowest BCUT2D eigenvalue weighted by atomic mass is 28.1. The molecule has 0 aliphatic heterocycles. The zero-order chi connectivity index (χ0) is 2.71. The van der Waals surface area contributed by atoms with Crippen molar-refractivity contribution in [3.05, 3.63) is 0 Å². The van der Waals surface area contributed by atoms with E-state index in [1.165, 1.54) is 0 Å². The van der Waals surface area contributed by atoms with Crippen LogP contribution in [-0.2, 0) is 0 Å². The zero-order valence-electron chi connectivity index (χ0n) is 1.96. The average molecular weight is 312 g/mol. The summed E-state index contributed by atoms with van der Waals surface area (Å²) in [6.07, 6.45) is 0. The Morgan fingerprint density at radius 1 is 1.25 bits per heavy atom. The minimum absolute atomic E-state index is 0. The van der Waals surface area contributed by atoms with Crippen molar-refractivity contribution in [2.24, 2.45) is 0 Å². The van der Waals surface area contributed by atoms with Gasteiger partial charge >= 0.3 is 0 Å². The highest BCUT2D eigenvalue weighted by Gasteiger charge is 1.45. The number of halogens is 2. The monoisotopic (exact) mass is 312 g/mol. The van der Waals surface area contributed by atoms with E-state index in [0.717, 1.165) is 0 Å². The van der Waals surface area contributed by atoms with Crippen LogP contribution in [0.5, 0.6) is 0 Å². The zero-order valence-corrected chi connectivity index (χ0v) is 8.69. The van der Waals surface area contributed by atoms with E-state index in [1.54, 1.807) is 0 Å². The summed E-state index contributed by atoms with van der Waals surface area (Å²) in [7, 11) is 0. The van der Waals surface area contributed by atoms with E-state index in [1.807, 2.05) is 0 Å². The van der Waals surface area contributed by atoms with Crippen molar-refractivity contribution in [2.75, 3.05) is 0 Å². The fourth-order valence-electron chi connectivity index (χ4n) is 0. The normalized spacial score (nSPS) is 4.50. The molecule has 0 aromatic rings. The molecule has 0 unspecified atom stereocenters. The van der Waals surface area contributed by atoms with E-state index in [4.69, 9.17) is 0 Å². The topological polar surface area (TPSA) is 0 Å². The predicted octanol–water partition coefficient (Wildman–Crippen LogP) is 0.474. The molecule has 0 aromatic carbocycles. The lowest BCUT2D eigenvalue weighted by molar-refractivity contribution is 5.52. The summed E-state index contributed by atoms with van der Waals surface area (Å²) in [5.74, 6) is 0. The molecule has 0 aliphatic carbocycles. The van der Waals surface area contributed by atoms with Crippen LogP contribution in [-0.4, -0.2) is 15.5 Å². The number of hydrogen-bond acceptors (Lipinski definition) is 0. The molecule has 0 rings (SSSR count). The van der Waals surface area contributed by atoms with Gasteiger partial charge in [-0.3, -0.25) is 0 Å². The Hall–Kier alpha value is 1.89. The van der Waals surface area contributed by atoms with E-state index in [-0.39, 0.29) is 11.0 Å². The van der Waals surface area contributed by atoms with Crippen LogP contribution in [0.15, 0.2) is 0 Å². The van der Waals surface area contributed by atoms with Crippen LogP contribution in [0.25, 0.3) is 0 Å². The Bertz CT molecular complexity index is 4.00. The van der Waals surface area contributed by atoms with Crippen LogP contribution in [0.2, 0.25) is 0 Å². The second kappa shape index (κ2) is 8.86. The van der Waals surface area contributed by atoms with Crippen molar-refractivity contribution in [3.63, 3.8) is 0 Å². The molecule has 0 fully saturated rings. The first-order valence-electron chi connectivity index (χ1n) is 0.535. The first-order valence-corrected chi connectivity index (χ1v) is 10.8. The third-order valence-corrected chi connectivity index (χ3v) is 0. The summed E-state index contributed by atoms with van der Waals surface area (Å²) in [5, 5.41) is 0. The summed E-state index contributed by atoms with van der Waals surface area (Å²) >= 11 is 4.83. The van der Waals surface area contributed by atoms with Gasteiger partial charge in [0.25, 0.3) is 0 Å². The van der Waals surface area contributed by atoms with E-state index >= 15 is 0 Å². The van der Waals surface area contributed by atoms with Gasteiger partial charge in [0.1, 0.15) is 0 Å². The van der Waals surface area contributed by atoms with E-state index < -0.39 is 0 Å². The molecule has 0 atom stereocenters. The highest BCUT2D eigenvalue weighted by atomic mass is 127. The molecule has 4 radical (unpaired) electrons. The molecular formula is H2I2Si2. The maximum Gasteiger partial charge on any atom is 0.162 e. The molecule has 0 nitrogen and oxygen atoms in total. The van der Waals surface area contributed by atoms with Crippen molar-refractivity contribution in [3.8, 4) is 0 Å². The Labute approximate surface area is 58.4 Å². The van der Waals surface area contributed by atoms with Crippen molar-refractivity contribution in [1.82, 2.24) is 0 Å². The molecule has 4 heteroatoms. The molecule has 0 amide bonds. The van der Waals surface area contributed by atoms with Crippen LogP contribution in [0.1, 0.15) is 0 Å². The Morgan fingerprint density at radius 2 is 1.25 bits per heavy atom. The van der Waals surface area contributed by atoms with Gasteiger partial charge in [0, 0.05) is 11.0 Å². The molecule has 0 saturated heterocycles. The summed E-state index contributed by atoms with van der Waals surface area (Å²) in [6.45, 7) is 0. The third-order valence-electron chi connectivity index (χ3n) is 0. The van der Waals surface area contributed by atoms with E-state index in [0.29, 0.717) is 4.51 Å². The predicted molar refractivity (Wildman–Crippen MR) is 42.3 cm³/mol. The molecule has 0 aromatic heterocycles. The van der Waals surface area contributed by atoms with Gasteiger partial charge in [0.15, 0.2) is 4.51 Å². The van der Waals surface area contributed by atoms with Gasteiger partial charge in [-0.2, -0.15) is 0 Å². The summed E-state index contributed by atoms with van der Waals surface area (Å²) < 4.78 is 0.357. The highest BCUT2D eigenvalue weighted by Crippen LogP contribution is 1.80. The fraction of sp³-hybridized carbons (Fsp3) is 0. The number of rotatable bonds is 0. The highest BCUT2D eigenvalue weighted by molar-refractivity contribution is 14.3. The molecule has 24 valence electrons. The van der Waals surface area contributed by atoms with Gasteiger partial charge < -0.3 is 0 Å². The Balaban J connectivity index is 0. The van der Waals surface area contributed by atoms with Gasteiger partial charge in [-0.15, -0.1) is 43.6 Å². The average Bonchev–Trinajstić information content (AvgIpc) is 0.918. The maximum atomic E-state index is 2.41. The molecule has 0 bridgehead atoms. The van der Waals surface area contributed by atoms with Crippen LogP contribution in [0.3, 0.4) is 0 Å². The minimum Gasteiger partial charge on any atom is -0.114 e. The van der Waals surface area contributed by atoms with Crippen molar-refractivity contribution in [1.29, 1.82) is 0 Å². The van der Waals surface area contributed by atoms with Gasteiger partial charge in [-0.1, -0.05) is 0 Å². The Morgan fingerprint density at radius 3 is 1.25 bits per heavy atom. The standard InChI is InChI=1S/H2I2Si.Si/c1-3-2;/h3H2;. The lowest BCUT2D eigenvalue weighted by Crippen LogP contribution is -1.30. The lowest BCUT2D eigenvalue weighted by Gasteiger charge is -1.40. The van der Waals surface area contributed by atoms with E-state index in [2.05, 4.69) is 43.6 Å². The quantitative estimate of drug-likeness (QED) is 0.347. The second-order valence-corrected chi connectivity index (χ2v) is 13.6. The molecule has 0 aliphatic rings. The van der Waals surface area contributed by atoms with Crippen LogP contribution < -0.4 is 0 Å². The van der Waals surface area contributed by atoms with Gasteiger partial charge in [-0.25, -0.2) is 0 Å². The summed E-state index contributed by atoms with van der Waals surface area (Å²) in [6, 6.07) is 0. The molecule has 0 heterocycles. The fourth-order valence-corrected chi connectivity index (χ4v) is 0. The van der Waals surface area contributed by atoms with Gasteiger partial charge in [-0.05, 0) is 0 Å². The van der Waals surface area contributed by atoms with Crippen LogP contribution in [0.4, 0.5) is 0 Å². The largest absolute Gasteiger partial charge is 0.162 e. The van der Waals surface area contributed by atoms with Crippen LogP contribution in [0, 0.1) is 0 Å². The minimum atomic E-state index is 0. The molecule has 4 heavy (non-hydrogen) atoms. The molecular weight excluding hydrogens is 310 g/mol. The van der Waals surface area contributed by atoms with Crippen LogP contribution >= 0.6 is 43.6 Å². The second-order valence-electron chi connectivity index (χ2n) is 0.101. The number of hydrogen-bond donors (Lipinski definition) is 0. The summed E-state index contributed by atoms with van der Waals surface area (Å²) in [5.41, 5.74) is 0. The van der Waals surface area contributed by atoms with Crippen molar-refractivity contribution >= 4 is 59.1 Å². The van der Waals surface area contributed by atoms with Gasteiger partial charge in [0.2, 0.25) is 0 Å². The Kier molecular flexibility index (Phi) is 20.6. The first-order chi connectivity index (χ1) is 1.41.